The fraction of sp³-hybridized carbons (Fsp3) is 0.469. The zero-order valence-corrected chi connectivity index (χ0v) is 37.2. The van der Waals surface area contributed by atoms with Gasteiger partial charge in [0, 0.05) is 118 Å². The average molecular weight is 903 g/mol. The van der Waals surface area contributed by atoms with Gasteiger partial charge in [-0.1, -0.05) is 6.07 Å². The molecule has 15 nitrogen and oxygen atoms in total. The van der Waals surface area contributed by atoms with Crippen molar-refractivity contribution in [3.63, 3.8) is 0 Å². The number of anilines is 5. The second kappa shape index (κ2) is 17.0. The number of hydrogen-bond acceptors (Lipinski definition) is 12. The lowest BCUT2D eigenvalue weighted by molar-refractivity contribution is -0.295. The number of carbonyl (C=O) groups is 2. The molecule has 11 rings (SSSR count). The van der Waals surface area contributed by atoms with E-state index in [-0.39, 0.29) is 53.7 Å². The van der Waals surface area contributed by atoms with Crippen LogP contribution in [-0.4, -0.2) is 120 Å². The number of nitrogen functional groups attached to an aromatic ring is 1. The summed E-state index contributed by atoms with van der Waals surface area (Å²) in [5.41, 5.74) is 12.3. The number of halogens is 2. The first kappa shape index (κ1) is 42.6. The van der Waals surface area contributed by atoms with Crippen LogP contribution in [0.1, 0.15) is 56.6 Å². The summed E-state index contributed by atoms with van der Waals surface area (Å²) >= 11 is 0. The molecule has 2 aromatic heterocycles. The van der Waals surface area contributed by atoms with Crippen molar-refractivity contribution in [2.45, 2.75) is 75.8 Å². The number of likely N-dealkylation sites (tertiary alicyclic amines) is 1. The van der Waals surface area contributed by atoms with Gasteiger partial charge >= 0.3 is 6.03 Å². The molecule has 2 atom stereocenters. The maximum absolute atomic E-state index is 15.6. The van der Waals surface area contributed by atoms with Gasteiger partial charge < -0.3 is 44.5 Å². The zero-order chi connectivity index (χ0) is 45.3. The predicted octanol–water partition coefficient (Wildman–Crippen LogP) is 6.57. The Kier molecular flexibility index (Phi) is 11.0. The van der Waals surface area contributed by atoms with Crippen LogP contribution in [0.5, 0.6) is 5.75 Å². The summed E-state index contributed by atoms with van der Waals surface area (Å²) in [6.45, 7) is 9.36. The van der Waals surface area contributed by atoms with Crippen LogP contribution in [0.25, 0.3) is 22.2 Å². The fourth-order valence-corrected chi connectivity index (χ4v) is 11.4. The first-order valence-electron chi connectivity index (χ1n) is 23.4. The molecule has 17 heteroatoms. The van der Waals surface area contributed by atoms with Crippen LogP contribution in [0.4, 0.5) is 42.1 Å². The maximum atomic E-state index is 15.6. The molecular weight excluding hydrogens is 847 g/mol. The molecule has 2 unspecified atom stereocenters. The monoisotopic (exact) mass is 902 g/mol. The molecule has 5 aromatic rings. The van der Waals surface area contributed by atoms with Gasteiger partial charge in [0.2, 0.25) is 5.91 Å². The van der Waals surface area contributed by atoms with Crippen LogP contribution < -0.4 is 30.7 Å². The molecule has 6 aliphatic rings. The second-order valence-corrected chi connectivity index (χ2v) is 19.1. The third kappa shape index (κ3) is 7.83. The van der Waals surface area contributed by atoms with Crippen molar-refractivity contribution in [2.24, 2.45) is 5.92 Å². The van der Waals surface area contributed by atoms with Crippen molar-refractivity contribution in [2.75, 3.05) is 90.9 Å². The second-order valence-electron chi connectivity index (χ2n) is 19.1. The highest BCUT2D eigenvalue weighted by atomic mass is 19.1. The molecule has 346 valence electrons. The van der Waals surface area contributed by atoms with Gasteiger partial charge in [-0.05, 0) is 98.7 Å². The number of para-hydroxylation sites is 1. The van der Waals surface area contributed by atoms with E-state index in [1.165, 1.54) is 12.1 Å². The van der Waals surface area contributed by atoms with Gasteiger partial charge in [0.15, 0.2) is 23.2 Å². The van der Waals surface area contributed by atoms with E-state index in [0.29, 0.717) is 55.8 Å². The minimum Gasteiger partial charge on any atom is -0.504 e. The van der Waals surface area contributed by atoms with Crippen molar-refractivity contribution >= 4 is 51.4 Å². The van der Waals surface area contributed by atoms with Gasteiger partial charge in [-0.25, -0.2) is 13.6 Å². The molecule has 0 radical (unpaired) electrons. The highest BCUT2D eigenvalue weighted by molar-refractivity contribution is 6.06. The molecule has 2 bridgehead atoms. The number of piperazine rings is 1. The Bertz CT molecular complexity index is 2660. The van der Waals surface area contributed by atoms with Gasteiger partial charge in [0.05, 0.1) is 36.3 Å². The molecule has 6 saturated heterocycles. The molecule has 6 fully saturated rings. The predicted molar refractivity (Wildman–Crippen MR) is 248 cm³/mol. The number of nitrogens with one attached hydrogen (secondary N) is 1. The highest BCUT2D eigenvalue weighted by Crippen LogP contribution is 2.42. The average Bonchev–Trinajstić information content (AvgIpc) is 3.79. The minimum atomic E-state index is -0.722. The van der Waals surface area contributed by atoms with E-state index < -0.39 is 17.4 Å². The number of ether oxygens (including phenoxy) is 2. The number of hydrogen-bond donors (Lipinski definition) is 3. The molecule has 8 heterocycles. The molecule has 3 aromatic carbocycles. The van der Waals surface area contributed by atoms with Crippen LogP contribution in [0.15, 0.2) is 66.9 Å². The summed E-state index contributed by atoms with van der Waals surface area (Å²) in [4.78, 5) is 35.2. The number of rotatable bonds is 8. The number of fused-ring (bicyclic) bond motifs is 3. The van der Waals surface area contributed by atoms with E-state index in [9.17, 15) is 19.1 Å². The number of phenolic OH excluding ortho intramolecular Hbond substituents is 1. The number of piperidine rings is 2. The third-order valence-electron chi connectivity index (χ3n) is 15.1. The fourth-order valence-electron chi connectivity index (χ4n) is 11.4. The number of nitrogens with zero attached hydrogens (tertiary/aromatic N) is 8. The van der Waals surface area contributed by atoms with Crippen molar-refractivity contribution in [1.29, 1.82) is 0 Å². The van der Waals surface area contributed by atoms with Crippen LogP contribution in [0.2, 0.25) is 0 Å². The molecular formula is C49H56F2N10O5. The van der Waals surface area contributed by atoms with Crippen LogP contribution >= 0.6 is 0 Å². The lowest BCUT2D eigenvalue weighted by Gasteiger charge is -2.46. The van der Waals surface area contributed by atoms with E-state index in [0.717, 1.165) is 99.1 Å². The number of imide groups is 1. The van der Waals surface area contributed by atoms with E-state index in [1.807, 2.05) is 30.3 Å². The summed E-state index contributed by atoms with van der Waals surface area (Å²) in [5, 5.41) is 22.2. The topological polar surface area (TPSA) is 158 Å². The summed E-state index contributed by atoms with van der Waals surface area (Å²) in [7, 11) is 0. The Morgan fingerprint density at radius 1 is 0.818 bits per heavy atom. The van der Waals surface area contributed by atoms with Crippen LogP contribution in [0.3, 0.4) is 0 Å². The van der Waals surface area contributed by atoms with E-state index in [4.69, 9.17) is 15.2 Å². The molecule has 4 N–H and O–H groups in total. The smallest absolute Gasteiger partial charge is 0.328 e. The normalized spacial score (nSPS) is 23.1. The number of amides is 3. The number of phenols is 1. The van der Waals surface area contributed by atoms with Crippen molar-refractivity contribution in [1.82, 2.24) is 25.0 Å². The Morgan fingerprint density at radius 3 is 2.30 bits per heavy atom. The standard InChI is InChI=1S/C49H56F2N10O5/c1-30-24-60(42-10-8-32(21-38(30)42)59-18-13-45(62)53-48(59)64)36-28-65-49(66-29-36)14-19-56(20-15-49)25-31-11-16-57(17-12-31)43-22-33(7-9-39(43)50)61-34-5-6-35(61)27-58(26-34)44-23-41(54-55-47(44)52)37-3-2-4-40(51)46(37)63/h2-4,7-10,21-24,31,34-36,63H,5-6,11-20,25-29H2,1H3,(H2,52,55)(H,53,62,64). The van der Waals surface area contributed by atoms with Gasteiger partial charge in [0.25, 0.3) is 0 Å². The Balaban J connectivity index is 0.669. The van der Waals surface area contributed by atoms with Gasteiger partial charge in [-0.2, -0.15) is 0 Å². The van der Waals surface area contributed by atoms with Gasteiger partial charge in [-0.15, -0.1) is 10.2 Å². The highest BCUT2D eigenvalue weighted by Gasteiger charge is 2.43. The summed E-state index contributed by atoms with van der Waals surface area (Å²) < 4.78 is 45.2. The number of nitrogens with two attached hydrogens (primary N) is 1. The summed E-state index contributed by atoms with van der Waals surface area (Å²) in [5.74, 6) is -1.39. The van der Waals surface area contributed by atoms with Crippen LogP contribution in [-0.2, 0) is 14.3 Å². The summed E-state index contributed by atoms with van der Waals surface area (Å²) in [6.07, 6.45) is 8.03. The molecule has 3 amide bonds. The van der Waals surface area contributed by atoms with E-state index >= 15 is 4.39 Å². The molecule has 0 aliphatic carbocycles. The number of carbonyl (C=O) groups excluding carboxylic acids is 2. The number of aromatic nitrogens is 3. The van der Waals surface area contributed by atoms with Crippen molar-refractivity contribution < 1.29 is 33.0 Å². The quantitative estimate of drug-likeness (QED) is 0.154. The molecule has 0 saturated carbocycles. The Hall–Kier alpha value is -6.04. The van der Waals surface area contributed by atoms with Gasteiger partial charge in [-0.3, -0.25) is 15.0 Å². The van der Waals surface area contributed by atoms with Crippen LogP contribution in [0, 0.1) is 24.5 Å². The zero-order valence-electron chi connectivity index (χ0n) is 37.2. The van der Waals surface area contributed by atoms with E-state index in [1.54, 1.807) is 23.1 Å². The Labute approximate surface area is 382 Å². The van der Waals surface area contributed by atoms with Crippen molar-refractivity contribution in [3.05, 3.63) is 84.1 Å². The lowest BCUT2D eigenvalue weighted by Crippen LogP contribution is -2.54. The minimum absolute atomic E-state index is 0.0274. The number of aromatic hydroxyl groups is 1. The summed E-state index contributed by atoms with van der Waals surface area (Å²) in [6, 6.07) is 17.7. The largest absolute Gasteiger partial charge is 0.504 e. The SMILES string of the molecule is Cc1cn(C2COC3(CCN(CC4CCN(c5cc(N6C7CCC6CN(c6cc(-c8cccc(F)c8O)nnc6N)C7)ccc5F)CC4)CC3)OC2)c2ccc(N3CCC(=O)NC3=O)cc12. The van der Waals surface area contributed by atoms with Crippen molar-refractivity contribution in [3.8, 4) is 17.0 Å². The van der Waals surface area contributed by atoms with Gasteiger partial charge in [0.1, 0.15) is 5.82 Å². The first-order chi connectivity index (χ1) is 32.0. The first-order valence-corrected chi connectivity index (χ1v) is 23.4. The third-order valence-corrected chi connectivity index (χ3v) is 15.1. The number of aryl methyl sites for hydroxylation is 1. The number of benzene rings is 3. The molecule has 6 aliphatic heterocycles. The number of urea groups is 1. The Morgan fingerprint density at radius 2 is 1.56 bits per heavy atom. The molecule has 1 spiro atoms. The maximum Gasteiger partial charge on any atom is 0.328 e. The lowest BCUT2D eigenvalue weighted by atomic mass is 9.94. The van der Waals surface area contributed by atoms with E-state index in [2.05, 4.69) is 52.8 Å². The molecule has 66 heavy (non-hydrogen) atoms.